The van der Waals surface area contributed by atoms with Crippen LogP contribution in [0.25, 0.3) is 0 Å². The Morgan fingerprint density at radius 1 is 1.41 bits per heavy atom. The molecular weight excluding hydrogens is 212 g/mol. The molecule has 2 atom stereocenters. The van der Waals surface area contributed by atoms with Crippen LogP contribution in [0, 0.1) is 0 Å². The summed E-state index contributed by atoms with van der Waals surface area (Å²) in [4.78, 5) is 2.49. The molecule has 94 valence electrons. The molecule has 0 radical (unpaired) electrons. The van der Waals surface area contributed by atoms with Crippen molar-refractivity contribution >= 4 is 0 Å². The number of ether oxygens (including phenoxy) is 1. The standard InChI is InChI=1S/C14H22N2O/c1-3-14(16-9-8-12(15)10-16)11-4-6-13(17-2)7-5-11/h4-7,12,14H,3,8-10,15H2,1-2H3. The number of hydrogen-bond acceptors (Lipinski definition) is 3. The van der Waals surface area contributed by atoms with Crippen LogP contribution in [0.1, 0.15) is 31.4 Å². The van der Waals surface area contributed by atoms with Crippen LogP contribution < -0.4 is 10.5 Å². The third-order valence-electron chi connectivity index (χ3n) is 3.58. The van der Waals surface area contributed by atoms with E-state index in [0.717, 1.165) is 31.7 Å². The second-order valence-electron chi connectivity index (χ2n) is 4.74. The molecule has 1 aliphatic heterocycles. The van der Waals surface area contributed by atoms with Crippen molar-refractivity contribution in [1.29, 1.82) is 0 Å². The molecule has 1 aromatic rings. The summed E-state index contributed by atoms with van der Waals surface area (Å²) in [5, 5.41) is 0. The van der Waals surface area contributed by atoms with Gasteiger partial charge in [-0.05, 0) is 30.5 Å². The molecule has 3 nitrogen and oxygen atoms in total. The van der Waals surface area contributed by atoms with Gasteiger partial charge in [0.2, 0.25) is 0 Å². The monoisotopic (exact) mass is 234 g/mol. The fourth-order valence-corrected chi connectivity index (χ4v) is 2.63. The highest BCUT2D eigenvalue weighted by atomic mass is 16.5. The van der Waals surface area contributed by atoms with E-state index in [1.165, 1.54) is 5.56 Å². The smallest absolute Gasteiger partial charge is 0.118 e. The Bertz CT molecular complexity index is 350. The van der Waals surface area contributed by atoms with E-state index in [0.29, 0.717) is 12.1 Å². The molecule has 0 aliphatic carbocycles. The van der Waals surface area contributed by atoms with Crippen molar-refractivity contribution in [3.8, 4) is 5.75 Å². The SMILES string of the molecule is CCC(c1ccc(OC)cc1)N1CCC(N)C1. The van der Waals surface area contributed by atoms with Gasteiger partial charge in [0.15, 0.2) is 0 Å². The number of hydrogen-bond donors (Lipinski definition) is 1. The van der Waals surface area contributed by atoms with Crippen molar-refractivity contribution in [1.82, 2.24) is 4.90 Å². The summed E-state index contributed by atoms with van der Waals surface area (Å²) in [7, 11) is 1.70. The number of likely N-dealkylation sites (tertiary alicyclic amines) is 1. The molecule has 0 aromatic heterocycles. The lowest BCUT2D eigenvalue weighted by Gasteiger charge is -2.27. The van der Waals surface area contributed by atoms with Crippen LogP contribution in [0.3, 0.4) is 0 Å². The van der Waals surface area contributed by atoms with Crippen molar-refractivity contribution in [2.24, 2.45) is 5.73 Å². The van der Waals surface area contributed by atoms with Gasteiger partial charge in [-0.15, -0.1) is 0 Å². The molecule has 0 amide bonds. The molecule has 1 fully saturated rings. The molecule has 2 rings (SSSR count). The topological polar surface area (TPSA) is 38.5 Å². The summed E-state index contributed by atoms with van der Waals surface area (Å²) in [6.07, 6.45) is 2.24. The zero-order valence-corrected chi connectivity index (χ0v) is 10.7. The second-order valence-corrected chi connectivity index (χ2v) is 4.74. The van der Waals surface area contributed by atoms with Crippen LogP contribution >= 0.6 is 0 Å². The van der Waals surface area contributed by atoms with Crippen LogP contribution in [-0.2, 0) is 0 Å². The van der Waals surface area contributed by atoms with Gasteiger partial charge >= 0.3 is 0 Å². The number of nitrogens with two attached hydrogens (primary N) is 1. The Morgan fingerprint density at radius 3 is 2.59 bits per heavy atom. The quantitative estimate of drug-likeness (QED) is 0.868. The highest BCUT2D eigenvalue weighted by molar-refractivity contribution is 5.29. The van der Waals surface area contributed by atoms with Gasteiger partial charge < -0.3 is 10.5 Å². The fraction of sp³-hybridized carbons (Fsp3) is 0.571. The molecule has 0 bridgehead atoms. The zero-order chi connectivity index (χ0) is 12.3. The first kappa shape index (κ1) is 12.4. The molecule has 1 aliphatic rings. The number of rotatable bonds is 4. The third kappa shape index (κ3) is 2.79. The lowest BCUT2D eigenvalue weighted by molar-refractivity contribution is 0.236. The average molecular weight is 234 g/mol. The maximum atomic E-state index is 5.98. The van der Waals surface area contributed by atoms with Gasteiger partial charge in [-0.25, -0.2) is 0 Å². The van der Waals surface area contributed by atoms with Gasteiger partial charge in [0.25, 0.3) is 0 Å². The van der Waals surface area contributed by atoms with Gasteiger partial charge in [-0.2, -0.15) is 0 Å². The maximum Gasteiger partial charge on any atom is 0.118 e. The summed E-state index contributed by atoms with van der Waals surface area (Å²) in [5.74, 6) is 0.918. The Labute approximate surface area is 104 Å². The predicted octanol–water partition coefficient (Wildman–Crippen LogP) is 2.18. The van der Waals surface area contributed by atoms with E-state index in [2.05, 4.69) is 24.0 Å². The minimum atomic E-state index is 0.349. The first-order valence-corrected chi connectivity index (χ1v) is 6.38. The first-order valence-electron chi connectivity index (χ1n) is 6.38. The molecule has 17 heavy (non-hydrogen) atoms. The molecule has 1 heterocycles. The number of methoxy groups -OCH3 is 1. The van der Waals surface area contributed by atoms with Crippen molar-refractivity contribution in [3.05, 3.63) is 29.8 Å². The van der Waals surface area contributed by atoms with Crippen molar-refractivity contribution in [2.45, 2.75) is 31.8 Å². The highest BCUT2D eigenvalue weighted by Gasteiger charge is 2.25. The van der Waals surface area contributed by atoms with Crippen LogP contribution in [0.15, 0.2) is 24.3 Å². The van der Waals surface area contributed by atoms with E-state index in [9.17, 15) is 0 Å². The van der Waals surface area contributed by atoms with Crippen molar-refractivity contribution < 1.29 is 4.74 Å². The molecule has 0 spiro atoms. The summed E-state index contributed by atoms with van der Waals surface area (Å²) >= 11 is 0. The van der Waals surface area contributed by atoms with Crippen molar-refractivity contribution in [3.63, 3.8) is 0 Å². The van der Waals surface area contributed by atoms with Gasteiger partial charge in [-0.3, -0.25) is 4.90 Å². The number of nitrogens with zero attached hydrogens (tertiary/aromatic N) is 1. The van der Waals surface area contributed by atoms with E-state index in [-0.39, 0.29) is 0 Å². The molecule has 3 heteroatoms. The van der Waals surface area contributed by atoms with E-state index >= 15 is 0 Å². The van der Waals surface area contributed by atoms with Crippen LogP contribution in [0.5, 0.6) is 5.75 Å². The highest BCUT2D eigenvalue weighted by Crippen LogP contribution is 2.28. The number of benzene rings is 1. The van der Waals surface area contributed by atoms with Gasteiger partial charge in [0.05, 0.1) is 7.11 Å². The molecule has 1 aromatic carbocycles. The fourth-order valence-electron chi connectivity index (χ4n) is 2.63. The Hall–Kier alpha value is -1.06. The Balaban J connectivity index is 2.11. The predicted molar refractivity (Wildman–Crippen MR) is 70.2 cm³/mol. The lowest BCUT2D eigenvalue weighted by Crippen LogP contribution is -2.29. The molecule has 2 unspecified atom stereocenters. The van der Waals surface area contributed by atoms with Gasteiger partial charge in [0.1, 0.15) is 5.75 Å². The van der Waals surface area contributed by atoms with Crippen LogP contribution in [-0.4, -0.2) is 31.1 Å². The van der Waals surface area contributed by atoms with E-state index < -0.39 is 0 Å². The average Bonchev–Trinajstić information content (AvgIpc) is 2.78. The van der Waals surface area contributed by atoms with Crippen LogP contribution in [0.2, 0.25) is 0 Å². The molecule has 1 saturated heterocycles. The maximum absolute atomic E-state index is 5.98. The summed E-state index contributed by atoms with van der Waals surface area (Å²) in [5.41, 5.74) is 7.34. The Kier molecular flexibility index (Phi) is 4.02. The molecular formula is C14H22N2O. The molecule has 0 saturated carbocycles. The summed E-state index contributed by atoms with van der Waals surface area (Å²) < 4.78 is 5.19. The van der Waals surface area contributed by atoms with Gasteiger partial charge in [0, 0.05) is 25.2 Å². The lowest BCUT2D eigenvalue weighted by atomic mass is 10.0. The summed E-state index contributed by atoms with van der Waals surface area (Å²) in [6, 6.07) is 9.24. The normalized spacial score (nSPS) is 22.6. The van der Waals surface area contributed by atoms with E-state index in [1.807, 2.05) is 12.1 Å². The zero-order valence-electron chi connectivity index (χ0n) is 10.7. The van der Waals surface area contributed by atoms with Gasteiger partial charge in [-0.1, -0.05) is 19.1 Å². The Morgan fingerprint density at radius 2 is 2.12 bits per heavy atom. The largest absolute Gasteiger partial charge is 0.497 e. The third-order valence-corrected chi connectivity index (χ3v) is 3.58. The second kappa shape index (κ2) is 5.52. The minimum Gasteiger partial charge on any atom is -0.497 e. The van der Waals surface area contributed by atoms with Crippen LogP contribution in [0.4, 0.5) is 0 Å². The molecule has 2 N–H and O–H groups in total. The first-order chi connectivity index (χ1) is 8.24. The minimum absolute atomic E-state index is 0.349. The van der Waals surface area contributed by atoms with Crippen molar-refractivity contribution in [2.75, 3.05) is 20.2 Å². The van der Waals surface area contributed by atoms with E-state index in [4.69, 9.17) is 10.5 Å². The summed E-state index contributed by atoms with van der Waals surface area (Å²) in [6.45, 7) is 4.37. The van der Waals surface area contributed by atoms with E-state index in [1.54, 1.807) is 7.11 Å².